The van der Waals surface area contributed by atoms with Crippen molar-refractivity contribution in [2.75, 3.05) is 4.90 Å². The molecule has 8 aromatic carbocycles. The van der Waals surface area contributed by atoms with Crippen LogP contribution in [0, 0.1) is 0 Å². The van der Waals surface area contributed by atoms with Crippen molar-refractivity contribution in [3.8, 4) is 44.5 Å². The lowest BCUT2D eigenvalue weighted by atomic mass is 9.98. The maximum absolute atomic E-state index is 9.31. The van der Waals surface area contributed by atoms with Gasteiger partial charge in [-0.25, -0.2) is 0 Å². The first-order valence-electron chi connectivity index (χ1n) is 17.8. The van der Waals surface area contributed by atoms with Crippen LogP contribution in [-0.4, -0.2) is 0 Å². The Balaban J connectivity index is 1.27. The van der Waals surface area contributed by atoms with Gasteiger partial charge in [-0.2, -0.15) is 0 Å². The van der Waals surface area contributed by atoms with Gasteiger partial charge in [0.2, 0.25) is 0 Å². The first-order valence-corrected chi connectivity index (χ1v) is 15.8. The minimum Gasteiger partial charge on any atom is -0.310 e. The van der Waals surface area contributed by atoms with Crippen LogP contribution in [0.25, 0.3) is 55.3 Å². The van der Waals surface area contributed by atoms with E-state index in [0.29, 0.717) is 5.56 Å². The number of fused-ring (bicyclic) bond motifs is 1. The fraction of sp³-hybridized carbons (Fsp3) is 0. The molecular formula is C46H33N. The Morgan fingerprint density at radius 3 is 1.45 bits per heavy atom. The van der Waals surface area contributed by atoms with E-state index in [1.165, 1.54) is 0 Å². The molecule has 0 aliphatic rings. The van der Waals surface area contributed by atoms with Gasteiger partial charge in [0.25, 0.3) is 0 Å². The average molecular weight is 604 g/mol. The molecule has 0 aliphatic carbocycles. The molecule has 0 saturated heterocycles. The number of hydrogen-bond acceptors (Lipinski definition) is 1. The number of rotatable bonds is 7. The molecule has 0 saturated carbocycles. The normalized spacial score (nSPS) is 12.2. The van der Waals surface area contributed by atoms with Gasteiger partial charge in [-0.3, -0.25) is 0 Å². The van der Waals surface area contributed by atoms with E-state index in [1.54, 1.807) is 0 Å². The van der Waals surface area contributed by atoms with Crippen molar-refractivity contribution in [2.45, 2.75) is 0 Å². The lowest BCUT2D eigenvalue weighted by Gasteiger charge is -2.26. The quantitative estimate of drug-likeness (QED) is 0.175. The number of nitrogens with zero attached hydrogens (tertiary/aromatic N) is 1. The van der Waals surface area contributed by atoms with Crippen molar-refractivity contribution in [2.24, 2.45) is 0 Å². The summed E-state index contributed by atoms with van der Waals surface area (Å²) < 4.78 is 36.8. The molecule has 0 N–H and O–H groups in total. The minimum atomic E-state index is -0.106. The zero-order chi connectivity index (χ0) is 34.9. The Bertz CT molecular complexity index is 2480. The van der Waals surface area contributed by atoms with Crippen molar-refractivity contribution in [1.29, 1.82) is 0 Å². The summed E-state index contributed by atoms with van der Waals surface area (Å²) >= 11 is 0. The molecule has 8 rings (SSSR count). The Kier molecular flexibility index (Phi) is 6.50. The molecule has 0 amide bonds. The van der Waals surface area contributed by atoms with E-state index in [4.69, 9.17) is 2.74 Å². The zero-order valence-electron chi connectivity index (χ0n) is 29.7. The number of hydrogen-bond donors (Lipinski definition) is 0. The number of benzene rings is 8. The van der Waals surface area contributed by atoms with Gasteiger partial charge >= 0.3 is 0 Å². The maximum atomic E-state index is 9.31. The van der Waals surface area contributed by atoms with Gasteiger partial charge in [-0.05, 0) is 104 Å². The van der Waals surface area contributed by atoms with E-state index in [-0.39, 0.29) is 35.4 Å². The van der Waals surface area contributed by atoms with Crippen molar-refractivity contribution in [3.05, 3.63) is 200 Å². The van der Waals surface area contributed by atoms with Crippen LogP contribution in [0.2, 0.25) is 0 Å². The second-order valence-corrected chi connectivity index (χ2v) is 11.5. The van der Waals surface area contributed by atoms with E-state index in [2.05, 4.69) is 91.0 Å². The summed E-state index contributed by atoms with van der Waals surface area (Å²) in [6.07, 6.45) is 0. The van der Waals surface area contributed by atoms with Crippen LogP contribution in [-0.2, 0) is 0 Å². The lowest BCUT2D eigenvalue weighted by molar-refractivity contribution is 1.28. The first kappa shape index (κ1) is 24.1. The van der Waals surface area contributed by atoms with Crippen molar-refractivity contribution in [1.82, 2.24) is 0 Å². The van der Waals surface area contributed by atoms with Gasteiger partial charge < -0.3 is 4.90 Å². The topological polar surface area (TPSA) is 3.24 Å². The third-order valence-electron chi connectivity index (χ3n) is 8.51. The summed E-state index contributed by atoms with van der Waals surface area (Å²) in [6, 6.07) is 58.4. The van der Waals surface area contributed by atoms with Crippen molar-refractivity contribution in [3.63, 3.8) is 0 Å². The molecule has 8 aromatic rings. The van der Waals surface area contributed by atoms with Crippen LogP contribution >= 0.6 is 0 Å². The molecular weight excluding hydrogens is 567 g/mol. The molecule has 0 aliphatic heterocycles. The summed E-state index contributed by atoms with van der Waals surface area (Å²) in [5.74, 6) is 0. The molecule has 0 unspecified atom stereocenters. The highest BCUT2D eigenvalue weighted by atomic mass is 15.1. The summed E-state index contributed by atoms with van der Waals surface area (Å²) in [5, 5.41) is 2.30. The molecule has 0 atom stereocenters. The fourth-order valence-electron chi connectivity index (χ4n) is 6.08. The largest absolute Gasteiger partial charge is 0.310 e. The molecule has 222 valence electrons. The third-order valence-corrected chi connectivity index (χ3v) is 8.51. The Labute approximate surface area is 282 Å². The van der Waals surface area contributed by atoms with E-state index < -0.39 is 0 Å². The third kappa shape index (κ3) is 5.95. The molecule has 0 spiro atoms. The predicted molar refractivity (Wildman–Crippen MR) is 200 cm³/mol. The molecule has 0 fully saturated rings. The standard InChI is InChI=1S/C46H33N/c1-3-11-34(12-4-1)37-23-27-44(28-24-37)47(46-20-10-19-42(33-46)43-22-21-36-15-7-8-16-39(36)32-43)45-29-25-38(26-30-45)41-18-9-17-40(31-41)35-13-5-2-6-14-35/h1-33H/i23D,24D,27D,28D. The Morgan fingerprint density at radius 1 is 0.277 bits per heavy atom. The van der Waals surface area contributed by atoms with E-state index in [9.17, 15) is 2.74 Å². The van der Waals surface area contributed by atoms with Crippen molar-refractivity contribution >= 4 is 27.8 Å². The summed E-state index contributed by atoms with van der Waals surface area (Å²) in [5.41, 5.74) is 8.98. The second kappa shape index (κ2) is 12.7. The van der Waals surface area contributed by atoms with Crippen LogP contribution in [0.15, 0.2) is 200 Å². The van der Waals surface area contributed by atoms with Crippen LogP contribution in [0.5, 0.6) is 0 Å². The van der Waals surface area contributed by atoms with Crippen LogP contribution < -0.4 is 4.90 Å². The summed E-state index contributed by atoms with van der Waals surface area (Å²) in [4.78, 5) is 1.85. The molecule has 0 aromatic heterocycles. The highest BCUT2D eigenvalue weighted by molar-refractivity contribution is 5.89. The van der Waals surface area contributed by atoms with Gasteiger partial charge in [0.15, 0.2) is 0 Å². The monoisotopic (exact) mass is 603 g/mol. The van der Waals surface area contributed by atoms with Gasteiger partial charge in [0.05, 0.1) is 5.48 Å². The Hall–Kier alpha value is -6.18. The highest BCUT2D eigenvalue weighted by Crippen LogP contribution is 2.39. The van der Waals surface area contributed by atoms with Gasteiger partial charge in [-0.1, -0.05) is 152 Å². The highest BCUT2D eigenvalue weighted by Gasteiger charge is 2.15. The first-order chi connectivity index (χ1) is 25.0. The molecule has 0 heterocycles. The molecule has 47 heavy (non-hydrogen) atoms. The van der Waals surface area contributed by atoms with Gasteiger partial charge in [-0.15, -0.1) is 0 Å². The minimum absolute atomic E-state index is 0.0813. The van der Waals surface area contributed by atoms with Crippen molar-refractivity contribution < 1.29 is 5.48 Å². The van der Waals surface area contributed by atoms with Crippen LogP contribution in [0.1, 0.15) is 5.48 Å². The molecule has 0 radical (unpaired) electrons. The smallest absolute Gasteiger partial charge is 0.0645 e. The zero-order valence-corrected chi connectivity index (χ0v) is 25.7. The average Bonchev–Trinajstić information content (AvgIpc) is 3.19. The van der Waals surface area contributed by atoms with Crippen LogP contribution in [0.3, 0.4) is 0 Å². The molecule has 1 heteroatoms. The van der Waals surface area contributed by atoms with Gasteiger partial charge in [0, 0.05) is 17.1 Å². The van der Waals surface area contributed by atoms with E-state index in [1.807, 2.05) is 89.8 Å². The van der Waals surface area contributed by atoms with E-state index >= 15 is 0 Å². The predicted octanol–water partition coefficient (Wildman–Crippen LogP) is 13.0. The second-order valence-electron chi connectivity index (χ2n) is 11.5. The molecule has 0 bridgehead atoms. The summed E-state index contributed by atoms with van der Waals surface area (Å²) in [6.45, 7) is 0. The van der Waals surface area contributed by atoms with Crippen LogP contribution in [0.4, 0.5) is 17.1 Å². The van der Waals surface area contributed by atoms with E-state index in [0.717, 1.165) is 55.5 Å². The number of anilines is 3. The molecule has 1 nitrogen and oxygen atoms in total. The lowest BCUT2D eigenvalue weighted by Crippen LogP contribution is -2.10. The Morgan fingerprint density at radius 2 is 0.766 bits per heavy atom. The summed E-state index contributed by atoms with van der Waals surface area (Å²) in [7, 11) is 0. The van der Waals surface area contributed by atoms with Gasteiger partial charge in [0.1, 0.15) is 0 Å². The maximum Gasteiger partial charge on any atom is 0.0645 e. The fourth-order valence-corrected chi connectivity index (χ4v) is 6.08. The SMILES string of the molecule is [2H]c1c([2H])c(N(c2ccc(-c3cccc(-c4ccccc4)c3)cc2)c2cccc(-c3ccc4ccccc4c3)c2)c([2H])c([2H])c1-c1ccccc1.